The quantitative estimate of drug-likeness (QED) is 0.749. The van der Waals surface area contributed by atoms with Crippen molar-refractivity contribution in [3.63, 3.8) is 0 Å². The minimum Gasteiger partial charge on any atom is -0.479 e. The molecule has 0 aliphatic heterocycles. The first-order valence-electron chi connectivity index (χ1n) is 8.44. The number of aromatic nitrogens is 2. The summed E-state index contributed by atoms with van der Waals surface area (Å²) in [4.78, 5) is 20.0. The van der Waals surface area contributed by atoms with Gasteiger partial charge in [0.15, 0.2) is 11.9 Å². The summed E-state index contributed by atoms with van der Waals surface area (Å²) in [6, 6.07) is 7.22. The molecule has 1 atom stereocenters. The number of aliphatic carboxylic acids is 1. The van der Waals surface area contributed by atoms with Gasteiger partial charge in [0.1, 0.15) is 5.75 Å². The number of rotatable bonds is 9. The second kappa shape index (κ2) is 9.01. The lowest BCUT2D eigenvalue weighted by Gasteiger charge is -2.14. The number of benzene rings is 1. The number of nitrogens with zero attached hydrogens (tertiary/aromatic N) is 2. The summed E-state index contributed by atoms with van der Waals surface area (Å²) in [7, 11) is 0. The summed E-state index contributed by atoms with van der Waals surface area (Å²) >= 11 is 0. The van der Waals surface area contributed by atoms with Crippen LogP contribution in [0, 0.1) is 0 Å². The van der Waals surface area contributed by atoms with Crippen LogP contribution in [0.2, 0.25) is 0 Å². The number of unbranched alkanes of at least 4 members (excludes halogenated alkanes) is 1. The Bertz CT molecular complexity index is 639. The third kappa shape index (κ3) is 5.05. The Morgan fingerprint density at radius 1 is 1.12 bits per heavy atom. The monoisotopic (exact) mass is 328 g/mol. The third-order valence-electron chi connectivity index (χ3n) is 3.74. The zero-order valence-electron chi connectivity index (χ0n) is 14.2. The summed E-state index contributed by atoms with van der Waals surface area (Å²) in [6.07, 6.45) is 7.45. The van der Waals surface area contributed by atoms with Crippen molar-refractivity contribution < 1.29 is 14.6 Å². The maximum atomic E-state index is 11.1. The van der Waals surface area contributed by atoms with Crippen LogP contribution in [0.4, 0.5) is 0 Å². The molecule has 0 aliphatic carbocycles. The fourth-order valence-corrected chi connectivity index (χ4v) is 2.36. The van der Waals surface area contributed by atoms with Crippen molar-refractivity contribution in [2.75, 3.05) is 0 Å². The Hall–Kier alpha value is -2.43. The SMILES string of the molecule is CCCCc1cnc(-c2ccc(OC(CCC)C(=O)O)cc2)nc1. The van der Waals surface area contributed by atoms with E-state index < -0.39 is 12.1 Å². The number of hydrogen-bond donors (Lipinski definition) is 1. The van der Waals surface area contributed by atoms with Gasteiger partial charge in [-0.05, 0) is 49.1 Å². The molecule has 0 bridgehead atoms. The van der Waals surface area contributed by atoms with Crippen molar-refractivity contribution in [3.05, 3.63) is 42.2 Å². The van der Waals surface area contributed by atoms with Crippen LogP contribution in [0.3, 0.4) is 0 Å². The summed E-state index contributed by atoms with van der Waals surface area (Å²) < 4.78 is 5.53. The molecule has 1 N–H and O–H groups in total. The van der Waals surface area contributed by atoms with Crippen LogP contribution in [0.1, 0.15) is 45.1 Å². The van der Waals surface area contributed by atoms with Gasteiger partial charge in [0.25, 0.3) is 0 Å². The molecule has 1 heterocycles. The second-order valence-corrected chi connectivity index (χ2v) is 5.78. The molecule has 1 unspecified atom stereocenters. The van der Waals surface area contributed by atoms with Gasteiger partial charge >= 0.3 is 5.97 Å². The van der Waals surface area contributed by atoms with E-state index in [-0.39, 0.29) is 0 Å². The van der Waals surface area contributed by atoms with E-state index in [9.17, 15) is 4.79 Å². The summed E-state index contributed by atoms with van der Waals surface area (Å²) in [5, 5.41) is 9.14. The summed E-state index contributed by atoms with van der Waals surface area (Å²) in [6.45, 7) is 4.10. The first-order chi connectivity index (χ1) is 11.6. The average Bonchev–Trinajstić information content (AvgIpc) is 2.60. The van der Waals surface area contributed by atoms with Gasteiger partial charge in [-0.2, -0.15) is 0 Å². The Morgan fingerprint density at radius 2 is 1.79 bits per heavy atom. The molecule has 5 nitrogen and oxygen atoms in total. The molecule has 0 spiro atoms. The molecule has 5 heteroatoms. The van der Waals surface area contributed by atoms with E-state index in [0.29, 0.717) is 18.0 Å². The van der Waals surface area contributed by atoms with Crippen LogP contribution in [-0.2, 0) is 11.2 Å². The molecule has 0 saturated heterocycles. The van der Waals surface area contributed by atoms with E-state index in [4.69, 9.17) is 9.84 Å². The molecule has 128 valence electrons. The first kappa shape index (κ1) is 17.9. The largest absolute Gasteiger partial charge is 0.479 e. The van der Waals surface area contributed by atoms with Crippen molar-refractivity contribution in [2.45, 2.75) is 52.1 Å². The fourth-order valence-electron chi connectivity index (χ4n) is 2.36. The van der Waals surface area contributed by atoms with Crippen LogP contribution >= 0.6 is 0 Å². The fraction of sp³-hybridized carbons (Fsp3) is 0.421. The lowest BCUT2D eigenvalue weighted by molar-refractivity contribution is -0.145. The first-order valence-corrected chi connectivity index (χ1v) is 8.44. The van der Waals surface area contributed by atoms with Crippen LogP contribution < -0.4 is 4.74 Å². The second-order valence-electron chi connectivity index (χ2n) is 5.78. The van der Waals surface area contributed by atoms with Crippen LogP contribution in [0.25, 0.3) is 11.4 Å². The number of aryl methyl sites for hydroxylation is 1. The normalized spacial score (nSPS) is 11.9. The smallest absolute Gasteiger partial charge is 0.344 e. The van der Waals surface area contributed by atoms with Crippen LogP contribution in [-0.4, -0.2) is 27.1 Å². The zero-order valence-corrected chi connectivity index (χ0v) is 14.2. The molecule has 2 rings (SSSR count). The minimum absolute atomic E-state index is 0.486. The Balaban J connectivity index is 2.04. The van der Waals surface area contributed by atoms with Gasteiger partial charge in [-0.3, -0.25) is 0 Å². The highest BCUT2D eigenvalue weighted by atomic mass is 16.5. The van der Waals surface area contributed by atoms with Crippen LogP contribution in [0.5, 0.6) is 5.75 Å². The number of carbonyl (C=O) groups is 1. The summed E-state index contributed by atoms with van der Waals surface area (Å²) in [5.41, 5.74) is 2.02. The number of carboxylic acids is 1. The van der Waals surface area contributed by atoms with Crippen molar-refractivity contribution >= 4 is 5.97 Å². The number of hydrogen-bond acceptors (Lipinski definition) is 4. The van der Waals surface area contributed by atoms with Gasteiger partial charge in [0.2, 0.25) is 0 Å². The molecule has 0 saturated carbocycles. The molecule has 0 amide bonds. The Kier molecular flexibility index (Phi) is 6.73. The van der Waals surface area contributed by atoms with Gasteiger partial charge in [-0.1, -0.05) is 26.7 Å². The Morgan fingerprint density at radius 3 is 2.33 bits per heavy atom. The van der Waals surface area contributed by atoms with E-state index in [1.54, 1.807) is 12.1 Å². The van der Waals surface area contributed by atoms with E-state index in [2.05, 4.69) is 16.9 Å². The maximum absolute atomic E-state index is 11.1. The van der Waals surface area contributed by atoms with E-state index in [1.807, 2.05) is 31.5 Å². The number of ether oxygens (including phenoxy) is 1. The predicted octanol–water partition coefficient (Wildman–Crippen LogP) is 4.12. The van der Waals surface area contributed by atoms with Crippen molar-refractivity contribution in [3.8, 4) is 17.1 Å². The highest BCUT2D eigenvalue weighted by molar-refractivity contribution is 5.72. The molecule has 24 heavy (non-hydrogen) atoms. The molecular weight excluding hydrogens is 304 g/mol. The zero-order chi connectivity index (χ0) is 17.4. The highest BCUT2D eigenvalue weighted by Gasteiger charge is 2.18. The minimum atomic E-state index is -0.938. The predicted molar refractivity (Wildman–Crippen MR) is 93.0 cm³/mol. The standard InChI is InChI=1S/C19H24N2O3/c1-3-5-7-14-12-20-18(21-13-14)15-8-10-16(11-9-15)24-17(6-4-2)19(22)23/h8-13,17H,3-7H2,1-2H3,(H,22,23). The van der Waals surface area contributed by atoms with E-state index in [0.717, 1.165) is 36.8 Å². The lowest BCUT2D eigenvalue weighted by atomic mass is 10.1. The lowest BCUT2D eigenvalue weighted by Crippen LogP contribution is -2.26. The van der Waals surface area contributed by atoms with Gasteiger partial charge in [0, 0.05) is 18.0 Å². The van der Waals surface area contributed by atoms with Gasteiger partial charge in [-0.25, -0.2) is 14.8 Å². The molecule has 2 aromatic rings. The van der Waals surface area contributed by atoms with E-state index in [1.165, 1.54) is 0 Å². The van der Waals surface area contributed by atoms with Crippen molar-refractivity contribution in [1.82, 2.24) is 9.97 Å². The molecule has 0 fully saturated rings. The van der Waals surface area contributed by atoms with E-state index >= 15 is 0 Å². The molecule has 1 aromatic heterocycles. The van der Waals surface area contributed by atoms with Gasteiger partial charge in [-0.15, -0.1) is 0 Å². The molecule has 1 aromatic carbocycles. The average molecular weight is 328 g/mol. The van der Waals surface area contributed by atoms with Gasteiger partial charge in [0.05, 0.1) is 0 Å². The summed E-state index contributed by atoms with van der Waals surface area (Å²) in [5.74, 6) is 0.260. The Labute approximate surface area is 142 Å². The third-order valence-corrected chi connectivity index (χ3v) is 3.74. The highest BCUT2D eigenvalue weighted by Crippen LogP contribution is 2.21. The maximum Gasteiger partial charge on any atom is 0.344 e. The molecule has 0 radical (unpaired) electrons. The van der Waals surface area contributed by atoms with Gasteiger partial charge < -0.3 is 9.84 Å². The number of carboxylic acid groups (broad SMARTS) is 1. The topological polar surface area (TPSA) is 72.3 Å². The van der Waals surface area contributed by atoms with Crippen molar-refractivity contribution in [1.29, 1.82) is 0 Å². The van der Waals surface area contributed by atoms with Crippen LogP contribution in [0.15, 0.2) is 36.7 Å². The molecule has 0 aliphatic rings. The molecular formula is C19H24N2O3. The van der Waals surface area contributed by atoms with Crippen molar-refractivity contribution in [2.24, 2.45) is 0 Å².